The van der Waals surface area contributed by atoms with Crippen molar-refractivity contribution in [2.45, 2.75) is 13.3 Å². The van der Waals surface area contributed by atoms with Gasteiger partial charge in [0.1, 0.15) is 5.75 Å². The average molecular weight is 304 g/mol. The molecule has 0 bridgehead atoms. The zero-order chi connectivity index (χ0) is 12.2. The van der Waals surface area contributed by atoms with Crippen LogP contribution in [-0.2, 0) is 6.42 Å². The van der Waals surface area contributed by atoms with E-state index in [9.17, 15) is 0 Å². The summed E-state index contributed by atoms with van der Waals surface area (Å²) in [6.07, 6.45) is 2.79. The molecule has 3 heteroatoms. The summed E-state index contributed by atoms with van der Waals surface area (Å²) in [6, 6.07) is 6.07. The summed E-state index contributed by atoms with van der Waals surface area (Å²) in [5, 5.41) is 0. The lowest BCUT2D eigenvalue weighted by molar-refractivity contribution is 0.411. The number of benzene rings is 1. The lowest BCUT2D eigenvalue weighted by Crippen LogP contribution is -2.18. The Morgan fingerprint density at radius 2 is 2.25 bits per heavy atom. The average Bonchev–Trinajstić information content (AvgIpc) is 2.29. The van der Waals surface area contributed by atoms with Gasteiger partial charge < -0.3 is 4.74 Å². The second-order valence-corrected chi connectivity index (χ2v) is 5.26. The van der Waals surface area contributed by atoms with Gasteiger partial charge >= 0.3 is 0 Å². The first-order valence-corrected chi connectivity index (χ1v) is 6.39. The van der Waals surface area contributed by atoms with Crippen molar-refractivity contribution >= 4 is 27.5 Å². The second-order valence-electron chi connectivity index (χ2n) is 4.14. The molecule has 0 heterocycles. The number of methoxy groups -OCH3 is 1. The summed E-state index contributed by atoms with van der Waals surface area (Å²) in [5.74, 6) is 1.41. The lowest BCUT2D eigenvalue weighted by Gasteiger charge is -2.22. The van der Waals surface area contributed by atoms with Crippen molar-refractivity contribution in [2.75, 3.05) is 13.0 Å². The Morgan fingerprint density at radius 1 is 1.56 bits per heavy atom. The molecule has 1 aromatic rings. The Morgan fingerprint density at radius 3 is 2.69 bits per heavy atom. The summed E-state index contributed by atoms with van der Waals surface area (Å²) in [4.78, 5) is 0. The van der Waals surface area contributed by atoms with Crippen molar-refractivity contribution in [3.05, 3.63) is 40.9 Å². The number of halogens is 2. The van der Waals surface area contributed by atoms with Crippen LogP contribution >= 0.6 is 27.5 Å². The number of allylic oxidation sites excluding steroid dienone is 1. The van der Waals surface area contributed by atoms with Crippen LogP contribution in [0.4, 0.5) is 0 Å². The third kappa shape index (κ3) is 3.26. The van der Waals surface area contributed by atoms with Crippen LogP contribution in [-0.4, -0.2) is 13.0 Å². The van der Waals surface area contributed by atoms with E-state index in [0.717, 1.165) is 16.6 Å². The van der Waals surface area contributed by atoms with Crippen LogP contribution in [0.3, 0.4) is 0 Å². The van der Waals surface area contributed by atoms with Crippen LogP contribution < -0.4 is 4.74 Å². The molecule has 0 amide bonds. The maximum Gasteiger partial charge on any atom is 0.133 e. The first-order chi connectivity index (χ1) is 7.54. The van der Waals surface area contributed by atoms with E-state index in [0.29, 0.717) is 5.88 Å². The first-order valence-electron chi connectivity index (χ1n) is 5.06. The predicted octanol–water partition coefficient (Wildman–Crippen LogP) is 4.43. The molecule has 16 heavy (non-hydrogen) atoms. The van der Waals surface area contributed by atoms with E-state index >= 15 is 0 Å². The fraction of sp³-hybridized carbons (Fsp3) is 0.385. The molecular weight excluding hydrogens is 287 g/mol. The van der Waals surface area contributed by atoms with Gasteiger partial charge in [-0.25, -0.2) is 0 Å². The lowest BCUT2D eigenvalue weighted by atomic mass is 9.86. The van der Waals surface area contributed by atoms with E-state index in [1.54, 1.807) is 7.11 Å². The van der Waals surface area contributed by atoms with Crippen molar-refractivity contribution in [1.82, 2.24) is 0 Å². The fourth-order valence-electron chi connectivity index (χ4n) is 1.46. The van der Waals surface area contributed by atoms with Gasteiger partial charge in [-0.15, -0.1) is 18.2 Å². The van der Waals surface area contributed by atoms with Gasteiger partial charge in [0, 0.05) is 11.3 Å². The van der Waals surface area contributed by atoms with Crippen molar-refractivity contribution < 1.29 is 4.74 Å². The normalized spacial score (nSPS) is 14.2. The molecule has 88 valence electrons. The minimum Gasteiger partial charge on any atom is -0.496 e. The van der Waals surface area contributed by atoms with Crippen molar-refractivity contribution in [1.29, 1.82) is 0 Å². The van der Waals surface area contributed by atoms with Crippen LogP contribution in [0.2, 0.25) is 0 Å². The Balaban J connectivity index is 2.90. The Kier molecular flexibility index (Phi) is 4.88. The smallest absolute Gasteiger partial charge is 0.133 e. The van der Waals surface area contributed by atoms with E-state index in [1.165, 1.54) is 5.56 Å². The molecule has 0 aliphatic carbocycles. The molecule has 0 aliphatic heterocycles. The van der Waals surface area contributed by atoms with Gasteiger partial charge in [0.25, 0.3) is 0 Å². The molecular formula is C13H16BrClO. The molecule has 0 N–H and O–H groups in total. The molecule has 1 rings (SSSR count). The summed E-state index contributed by atoms with van der Waals surface area (Å²) in [5.41, 5.74) is 1.16. The molecule has 1 nitrogen and oxygen atoms in total. The van der Waals surface area contributed by atoms with Gasteiger partial charge in [-0.1, -0.05) is 19.1 Å². The Bertz CT molecular complexity index is 378. The fourth-order valence-corrected chi connectivity index (χ4v) is 2.25. The molecule has 0 saturated carbocycles. The predicted molar refractivity (Wildman–Crippen MR) is 73.4 cm³/mol. The Labute approximate surface area is 111 Å². The number of rotatable bonds is 5. The number of hydrogen-bond donors (Lipinski definition) is 0. The number of alkyl halides is 1. The number of ether oxygens (including phenoxy) is 1. The molecule has 0 aromatic heterocycles. The minimum absolute atomic E-state index is 0.0599. The van der Waals surface area contributed by atoms with Crippen LogP contribution in [0.1, 0.15) is 12.5 Å². The highest BCUT2D eigenvalue weighted by Gasteiger charge is 2.19. The standard InChI is InChI=1S/C13H16BrClO/c1-4-13(2,9-15)8-10-5-6-12(16-3)11(14)7-10/h4-7H,1,8-9H2,2-3H3. The Hall–Kier alpha value is -0.470. The zero-order valence-electron chi connectivity index (χ0n) is 9.59. The van der Waals surface area contributed by atoms with E-state index in [2.05, 4.69) is 41.6 Å². The van der Waals surface area contributed by atoms with Gasteiger partial charge in [0.2, 0.25) is 0 Å². The van der Waals surface area contributed by atoms with Gasteiger partial charge in [-0.05, 0) is 40.0 Å². The van der Waals surface area contributed by atoms with Crippen LogP contribution in [0.15, 0.2) is 35.3 Å². The second kappa shape index (κ2) is 5.74. The maximum absolute atomic E-state index is 5.95. The highest BCUT2D eigenvalue weighted by molar-refractivity contribution is 9.10. The summed E-state index contributed by atoms with van der Waals surface area (Å²) in [7, 11) is 1.66. The van der Waals surface area contributed by atoms with E-state index < -0.39 is 0 Å². The van der Waals surface area contributed by atoms with Crippen LogP contribution in [0.25, 0.3) is 0 Å². The SMILES string of the molecule is C=CC(C)(CCl)Cc1ccc(OC)c(Br)c1. The molecule has 1 atom stereocenters. The van der Waals surface area contributed by atoms with Crippen molar-refractivity contribution in [3.63, 3.8) is 0 Å². The summed E-state index contributed by atoms with van der Waals surface area (Å²) < 4.78 is 6.16. The van der Waals surface area contributed by atoms with Crippen LogP contribution in [0, 0.1) is 5.41 Å². The molecule has 0 saturated heterocycles. The van der Waals surface area contributed by atoms with Gasteiger partial charge in [-0.2, -0.15) is 0 Å². The molecule has 1 aromatic carbocycles. The highest BCUT2D eigenvalue weighted by atomic mass is 79.9. The molecule has 0 aliphatic rings. The van der Waals surface area contributed by atoms with E-state index in [4.69, 9.17) is 16.3 Å². The highest BCUT2D eigenvalue weighted by Crippen LogP contribution is 2.30. The van der Waals surface area contributed by atoms with E-state index in [-0.39, 0.29) is 5.41 Å². The number of hydrogen-bond acceptors (Lipinski definition) is 1. The molecule has 0 spiro atoms. The molecule has 0 fully saturated rings. The first kappa shape index (κ1) is 13.6. The van der Waals surface area contributed by atoms with Crippen LogP contribution in [0.5, 0.6) is 5.75 Å². The molecule has 1 unspecified atom stereocenters. The maximum atomic E-state index is 5.95. The summed E-state index contributed by atoms with van der Waals surface area (Å²) in [6.45, 7) is 5.94. The third-order valence-corrected chi connectivity index (χ3v) is 3.85. The minimum atomic E-state index is -0.0599. The third-order valence-electron chi connectivity index (χ3n) is 2.62. The zero-order valence-corrected chi connectivity index (χ0v) is 11.9. The van der Waals surface area contributed by atoms with Gasteiger partial charge in [0.15, 0.2) is 0 Å². The quantitative estimate of drug-likeness (QED) is 0.577. The topological polar surface area (TPSA) is 9.23 Å². The van der Waals surface area contributed by atoms with Gasteiger partial charge in [0.05, 0.1) is 11.6 Å². The monoisotopic (exact) mass is 302 g/mol. The van der Waals surface area contributed by atoms with Gasteiger partial charge in [-0.3, -0.25) is 0 Å². The largest absolute Gasteiger partial charge is 0.496 e. The summed E-state index contributed by atoms with van der Waals surface area (Å²) >= 11 is 9.42. The van der Waals surface area contributed by atoms with Crippen molar-refractivity contribution in [2.24, 2.45) is 5.41 Å². The van der Waals surface area contributed by atoms with Crippen molar-refractivity contribution in [3.8, 4) is 5.75 Å². The van der Waals surface area contributed by atoms with E-state index in [1.807, 2.05) is 12.1 Å². The molecule has 0 radical (unpaired) electrons.